The van der Waals surface area contributed by atoms with E-state index in [0.29, 0.717) is 17.0 Å². The number of dihydropyridines is 1. The third-order valence-electron chi connectivity index (χ3n) is 5.23. The Labute approximate surface area is 216 Å². The number of benzene rings is 1. The number of esters is 2. The normalized spacial score (nSPS) is 15.5. The summed E-state index contributed by atoms with van der Waals surface area (Å²) in [7, 11) is 1.24. The van der Waals surface area contributed by atoms with Crippen LogP contribution in [0.25, 0.3) is 0 Å². The highest BCUT2D eigenvalue weighted by atomic mass is 35.5. The summed E-state index contributed by atoms with van der Waals surface area (Å²) in [6.45, 7) is 2.96. The second kappa shape index (κ2) is 12.0. The predicted molar refractivity (Wildman–Crippen MR) is 127 cm³/mol. The number of amides is 1. The van der Waals surface area contributed by atoms with Crippen LogP contribution in [0.3, 0.4) is 0 Å². The van der Waals surface area contributed by atoms with Crippen LogP contribution in [-0.4, -0.2) is 58.4 Å². The van der Waals surface area contributed by atoms with Crippen molar-refractivity contribution in [2.45, 2.75) is 32.9 Å². The maximum Gasteiger partial charge on any atom is 0.336 e. The Morgan fingerprint density at radius 3 is 2.58 bits per heavy atom. The van der Waals surface area contributed by atoms with Gasteiger partial charge in [0.25, 0.3) is 0 Å². The molecule has 1 aliphatic rings. The lowest BCUT2D eigenvalue weighted by atomic mass is 9.80. The number of allylic oxidation sites excluding steroid dienone is 1. The molecule has 2 aromatic rings. The van der Waals surface area contributed by atoms with E-state index >= 15 is 0 Å². The molecular formula is C22H24Cl2N6O6. The van der Waals surface area contributed by atoms with Crippen molar-refractivity contribution in [3.63, 3.8) is 0 Å². The van der Waals surface area contributed by atoms with Gasteiger partial charge in [0.1, 0.15) is 13.2 Å². The fourth-order valence-electron chi connectivity index (χ4n) is 3.74. The number of primary amides is 1. The molecule has 1 amide bonds. The molecule has 0 bridgehead atoms. The van der Waals surface area contributed by atoms with Crippen molar-refractivity contribution in [2.24, 2.45) is 5.73 Å². The molecule has 192 valence electrons. The number of hydrogen-bond acceptors (Lipinski definition) is 10. The third kappa shape index (κ3) is 5.83. The Morgan fingerprint density at radius 2 is 1.92 bits per heavy atom. The number of tetrazole rings is 1. The Balaban J connectivity index is 2.05. The standard InChI is InChI=1S/C22H24Cl2N6O6/c1-4-36-22(33)19-14(9-35-10-16-27-28-29-30(16)8-15(25)31)26-11(2)17(21(32)34-3)18(19)12-6-5-7-13(23)20(12)24/h5-7,18,26H,4,8-10H2,1-3H3,(H2,25,31). The zero-order valence-electron chi connectivity index (χ0n) is 19.7. The van der Waals surface area contributed by atoms with E-state index in [9.17, 15) is 14.4 Å². The van der Waals surface area contributed by atoms with Crippen LogP contribution in [0.5, 0.6) is 0 Å². The lowest BCUT2D eigenvalue weighted by Gasteiger charge is -2.31. The van der Waals surface area contributed by atoms with Gasteiger partial charge in [-0.2, -0.15) is 0 Å². The fraction of sp³-hybridized carbons (Fsp3) is 0.364. The maximum atomic E-state index is 13.2. The van der Waals surface area contributed by atoms with Gasteiger partial charge in [0.15, 0.2) is 5.82 Å². The first-order chi connectivity index (χ1) is 17.2. The van der Waals surface area contributed by atoms with Crippen LogP contribution in [0.1, 0.15) is 31.2 Å². The van der Waals surface area contributed by atoms with Crippen LogP contribution in [0, 0.1) is 0 Å². The van der Waals surface area contributed by atoms with Crippen molar-refractivity contribution in [2.75, 3.05) is 20.3 Å². The van der Waals surface area contributed by atoms with Crippen LogP contribution in [0.2, 0.25) is 10.0 Å². The van der Waals surface area contributed by atoms with Crippen LogP contribution in [-0.2, 0) is 41.7 Å². The van der Waals surface area contributed by atoms with E-state index < -0.39 is 23.8 Å². The van der Waals surface area contributed by atoms with E-state index in [1.165, 1.54) is 11.8 Å². The topological polar surface area (TPSA) is 161 Å². The highest BCUT2D eigenvalue weighted by molar-refractivity contribution is 6.42. The monoisotopic (exact) mass is 538 g/mol. The Kier molecular flexibility index (Phi) is 9.02. The first-order valence-electron chi connectivity index (χ1n) is 10.7. The second-order valence-electron chi connectivity index (χ2n) is 7.56. The maximum absolute atomic E-state index is 13.2. The van der Waals surface area contributed by atoms with Crippen LogP contribution < -0.4 is 11.1 Å². The van der Waals surface area contributed by atoms with Gasteiger partial charge in [-0.1, -0.05) is 35.3 Å². The van der Waals surface area contributed by atoms with Gasteiger partial charge >= 0.3 is 11.9 Å². The second-order valence-corrected chi connectivity index (χ2v) is 8.34. The number of carbonyl (C=O) groups excluding carboxylic acids is 3. The summed E-state index contributed by atoms with van der Waals surface area (Å²) in [4.78, 5) is 37.2. The number of rotatable bonds is 10. The largest absolute Gasteiger partial charge is 0.466 e. The molecule has 0 spiro atoms. The van der Waals surface area contributed by atoms with Crippen molar-refractivity contribution >= 4 is 41.0 Å². The molecule has 0 fully saturated rings. The summed E-state index contributed by atoms with van der Waals surface area (Å²) in [5.74, 6) is -2.67. The number of nitrogens with zero attached hydrogens (tertiary/aromatic N) is 4. The van der Waals surface area contributed by atoms with E-state index in [-0.39, 0.29) is 53.4 Å². The smallest absolute Gasteiger partial charge is 0.336 e. The first-order valence-corrected chi connectivity index (χ1v) is 11.5. The molecule has 0 radical (unpaired) electrons. The van der Waals surface area contributed by atoms with Crippen molar-refractivity contribution in [1.29, 1.82) is 0 Å². The van der Waals surface area contributed by atoms with Gasteiger partial charge < -0.3 is 25.3 Å². The highest BCUT2D eigenvalue weighted by Gasteiger charge is 2.40. The first kappa shape index (κ1) is 27.1. The van der Waals surface area contributed by atoms with E-state index in [4.69, 9.17) is 43.1 Å². The third-order valence-corrected chi connectivity index (χ3v) is 6.06. The van der Waals surface area contributed by atoms with Gasteiger partial charge in [-0.25, -0.2) is 14.3 Å². The van der Waals surface area contributed by atoms with Gasteiger partial charge in [0, 0.05) is 5.70 Å². The number of halogens is 2. The molecule has 1 aromatic heterocycles. The van der Waals surface area contributed by atoms with Gasteiger partial charge in [0.05, 0.1) is 53.1 Å². The Hall–Kier alpha value is -3.48. The summed E-state index contributed by atoms with van der Waals surface area (Å²) in [5, 5.41) is 14.5. The van der Waals surface area contributed by atoms with Crippen molar-refractivity contribution in [1.82, 2.24) is 25.5 Å². The van der Waals surface area contributed by atoms with E-state index in [1.54, 1.807) is 32.0 Å². The number of nitrogens with one attached hydrogen (secondary N) is 1. The molecule has 2 heterocycles. The van der Waals surface area contributed by atoms with E-state index in [1.807, 2.05) is 0 Å². The predicted octanol–water partition coefficient (Wildman–Crippen LogP) is 1.63. The average Bonchev–Trinajstić information content (AvgIpc) is 3.26. The Bertz CT molecular complexity index is 1240. The number of aromatic nitrogens is 4. The van der Waals surface area contributed by atoms with Crippen LogP contribution >= 0.6 is 23.2 Å². The number of carbonyl (C=O) groups is 3. The molecule has 12 nitrogen and oxygen atoms in total. The lowest BCUT2D eigenvalue weighted by molar-refractivity contribution is -0.139. The molecule has 36 heavy (non-hydrogen) atoms. The molecule has 3 N–H and O–H groups in total. The van der Waals surface area contributed by atoms with Gasteiger partial charge in [-0.3, -0.25) is 4.79 Å². The van der Waals surface area contributed by atoms with Crippen LogP contribution in [0.15, 0.2) is 40.7 Å². The molecule has 0 saturated heterocycles. The van der Waals surface area contributed by atoms with Crippen molar-refractivity contribution in [3.05, 3.63) is 62.2 Å². The summed E-state index contributed by atoms with van der Waals surface area (Å²) in [5.41, 5.74) is 6.64. The van der Waals surface area contributed by atoms with Gasteiger partial charge in [0.2, 0.25) is 5.91 Å². The molecule has 3 rings (SSSR count). The number of methoxy groups -OCH3 is 1. The van der Waals surface area contributed by atoms with Crippen molar-refractivity contribution < 1.29 is 28.6 Å². The quantitative estimate of drug-likeness (QED) is 0.425. The Morgan fingerprint density at radius 1 is 1.17 bits per heavy atom. The molecule has 0 aliphatic carbocycles. The molecule has 14 heteroatoms. The molecule has 1 atom stereocenters. The SMILES string of the molecule is CCOC(=O)C1=C(COCc2nnnn2CC(N)=O)NC(C)=C(C(=O)OC)C1c1cccc(Cl)c1Cl. The van der Waals surface area contributed by atoms with Gasteiger partial charge in [-0.05, 0) is 35.9 Å². The summed E-state index contributed by atoms with van der Waals surface area (Å²) in [6.07, 6.45) is 0. The minimum Gasteiger partial charge on any atom is -0.466 e. The molecule has 1 unspecified atom stereocenters. The molecule has 0 saturated carbocycles. The number of hydrogen-bond donors (Lipinski definition) is 2. The zero-order valence-corrected chi connectivity index (χ0v) is 21.2. The average molecular weight is 539 g/mol. The molecule has 1 aromatic carbocycles. The number of ether oxygens (including phenoxy) is 3. The minimum absolute atomic E-state index is 0.0879. The molecule has 1 aliphatic heterocycles. The summed E-state index contributed by atoms with van der Waals surface area (Å²) >= 11 is 12.8. The minimum atomic E-state index is -0.956. The summed E-state index contributed by atoms with van der Waals surface area (Å²) in [6, 6.07) is 4.92. The van der Waals surface area contributed by atoms with Crippen molar-refractivity contribution in [3.8, 4) is 0 Å². The molecular weight excluding hydrogens is 515 g/mol. The number of nitrogens with two attached hydrogens (primary N) is 1. The summed E-state index contributed by atoms with van der Waals surface area (Å²) < 4.78 is 17.3. The highest BCUT2D eigenvalue weighted by Crippen LogP contribution is 2.43. The van der Waals surface area contributed by atoms with Gasteiger partial charge in [-0.15, -0.1) is 5.10 Å². The van der Waals surface area contributed by atoms with E-state index in [0.717, 1.165) is 0 Å². The zero-order chi connectivity index (χ0) is 26.4. The van der Waals surface area contributed by atoms with E-state index in [2.05, 4.69) is 20.8 Å². The fourth-order valence-corrected chi connectivity index (χ4v) is 4.15. The lowest BCUT2D eigenvalue weighted by Crippen LogP contribution is -2.35. The van der Waals surface area contributed by atoms with Crippen LogP contribution in [0.4, 0.5) is 0 Å².